The Morgan fingerprint density at radius 3 is 2.66 bits per heavy atom. The van der Waals surface area contributed by atoms with Gasteiger partial charge in [0.05, 0.1) is 17.2 Å². The molecule has 1 aromatic carbocycles. The number of likely N-dealkylation sites (N-methyl/N-ethyl adjacent to an activating group) is 1. The molecule has 5 rings (SSSR count). The molecule has 1 N–H and O–H groups in total. The Balaban J connectivity index is 1.38. The van der Waals surface area contributed by atoms with Gasteiger partial charge in [-0.05, 0) is 44.2 Å². The topological polar surface area (TPSA) is 69.3 Å². The monoisotopic (exact) mass is 434 g/mol. The first-order chi connectivity index (χ1) is 15.6. The van der Waals surface area contributed by atoms with Gasteiger partial charge in [0.25, 0.3) is 5.56 Å². The van der Waals surface area contributed by atoms with Crippen molar-refractivity contribution in [1.29, 1.82) is 0 Å². The number of likely N-dealkylation sites (tertiary alicyclic amines) is 1. The van der Waals surface area contributed by atoms with Crippen LogP contribution >= 0.6 is 0 Å². The van der Waals surface area contributed by atoms with Crippen molar-refractivity contribution in [3.8, 4) is 0 Å². The van der Waals surface area contributed by atoms with Crippen molar-refractivity contribution in [3.63, 3.8) is 0 Å². The smallest absolute Gasteiger partial charge is 0.255 e. The average Bonchev–Trinajstić information content (AvgIpc) is 3.35. The molecule has 0 radical (unpaired) electrons. The van der Waals surface area contributed by atoms with Crippen LogP contribution in [0.2, 0.25) is 0 Å². The van der Waals surface area contributed by atoms with Crippen LogP contribution in [-0.2, 0) is 17.8 Å². The van der Waals surface area contributed by atoms with Gasteiger partial charge in [0.15, 0.2) is 0 Å². The number of rotatable bonds is 4. The van der Waals surface area contributed by atoms with Crippen LogP contribution in [0.3, 0.4) is 0 Å². The minimum absolute atomic E-state index is 0.00637. The highest BCUT2D eigenvalue weighted by Gasteiger charge is 2.37. The van der Waals surface area contributed by atoms with Gasteiger partial charge in [0.2, 0.25) is 5.91 Å². The van der Waals surface area contributed by atoms with Crippen LogP contribution in [0, 0.1) is 5.92 Å². The first-order valence-corrected chi connectivity index (χ1v) is 12.2. The van der Waals surface area contributed by atoms with E-state index in [9.17, 15) is 9.59 Å². The normalized spacial score (nSPS) is 23.2. The molecule has 1 amide bonds. The number of aromatic nitrogens is 2. The average molecular weight is 435 g/mol. The zero-order valence-corrected chi connectivity index (χ0v) is 19.1. The lowest BCUT2D eigenvalue weighted by molar-refractivity contribution is -0.135. The standard InChI is InChI=1S/C26H34N4O2/c1-29-15-13-22-21(17-29)25(31)28-24(27-22)20-12-7-14-30(16-20)26(32)23(19-10-5-6-11-19)18-8-3-2-4-9-18/h2-4,8-9,19-20,23H,5-7,10-17H2,1H3,(H,27,28,31)/t20-,23+/m0/s1. The summed E-state index contributed by atoms with van der Waals surface area (Å²) in [6.07, 6.45) is 7.44. The van der Waals surface area contributed by atoms with Gasteiger partial charge in [0.1, 0.15) is 5.82 Å². The maximum Gasteiger partial charge on any atom is 0.255 e. The molecule has 3 heterocycles. The molecule has 0 spiro atoms. The number of hydrogen-bond donors (Lipinski definition) is 1. The van der Waals surface area contributed by atoms with Gasteiger partial charge < -0.3 is 14.8 Å². The van der Waals surface area contributed by atoms with Gasteiger partial charge in [0, 0.05) is 38.5 Å². The number of hydrogen-bond acceptors (Lipinski definition) is 4. The Morgan fingerprint density at radius 2 is 1.88 bits per heavy atom. The maximum atomic E-state index is 13.8. The number of aromatic amines is 1. The second kappa shape index (κ2) is 9.18. The van der Waals surface area contributed by atoms with Gasteiger partial charge in [-0.1, -0.05) is 43.2 Å². The Hall–Kier alpha value is -2.47. The van der Waals surface area contributed by atoms with Crippen LogP contribution in [0.5, 0.6) is 0 Å². The van der Waals surface area contributed by atoms with E-state index in [0.717, 1.165) is 67.8 Å². The van der Waals surface area contributed by atoms with E-state index in [1.54, 1.807) is 0 Å². The third-order valence-electron chi connectivity index (χ3n) is 7.69. The molecule has 3 aliphatic rings. The second-order valence-corrected chi connectivity index (χ2v) is 9.92. The van der Waals surface area contributed by atoms with Gasteiger partial charge in [-0.3, -0.25) is 9.59 Å². The molecule has 1 saturated heterocycles. The molecule has 1 saturated carbocycles. The predicted molar refractivity (Wildman–Crippen MR) is 125 cm³/mol. The van der Waals surface area contributed by atoms with Crippen molar-refractivity contribution >= 4 is 5.91 Å². The zero-order valence-electron chi connectivity index (χ0n) is 19.1. The SMILES string of the molecule is CN1CCc2nc([C@H]3CCCN(C(=O)[C@H](c4ccccc4)C4CCCC4)C3)[nH]c(=O)c2C1. The van der Waals surface area contributed by atoms with Crippen LogP contribution in [0.15, 0.2) is 35.1 Å². The summed E-state index contributed by atoms with van der Waals surface area (Å²) in [6, 6.07) is 10.3. The predicted octanol–water partition coefficient (Wildman–Crippen LogP) is 3.44. The molecule has 6 heteroatoms. The fourth-order valence-corrected chi connectivity index (χ4v) is 5.94. The molecular weight excluding hydrogens is 400 g/mol. The van der Waals surface area contributed by atoms with Gasteiger partial charge in [-0.25, -0.2) is 4.98 Å². The number of piperidine rings is 1. The molecule has 0 bridgehead atoms. The molecule has 2 atom stereocenters. The minimum atomic E-state index is -0.0523. The fourth-order valence-electron chi connectivity index (χ4n) is 5.94. The van der Waals surface area contributed by atoms with E-state index in [-0.39, 0.29) is 23.3 Å². The van der Waals surface area contributed by atoms with Crippen LogP contribution < -0.4 is 5.56 Å². The number of nitrogens with one attached hydrogen (secondary N) is 1. The molecule has 1 aliphatic carbocycles. The van der Waals surface area contributed by atoms with E-state index in [1.165, 1.54) is 12.8 Å². The van der Waals surface area contributed by atoms with Gasteiger partial charge in [-0.2, -0.15) is 0 Å². The Labute approximate surface area is 190 Å². The van der Waals surface area contributed by atoms with Crippen molar-refractivity contribution in [1.82, 2.24) is 19.8 Å². The summed E-state index contributed by atoms with van der Waals surface area (Å²) in [5.41, 5.74) is 2.89. The van der Waals surface area contributed by atoms with E-state index in [1.807, 2.05) is 25.2 Å². The Morgan fingerprint density at radius 1 is 1.09 bits per heavy atom. The minimum Gasteiger partial charge on any atom is -0.341 e. The molecule has 0 unspecified atom stereocenters. The van der Waals surface area contributed by atoms with Crippen molar-refractivity contribution in [3.05, 3.63) is 63.3 Å². The number of amides is 1. The highest BCUT2D eigenvalue weighted by atomic mass is 16.2. The van der Waals surface area contributed by atoms with Crippen molar-refractivity contribution in [2.24, 2.45) is 5.92 Å². The summed E-state index contributed by atoms with van der Waals surface area (Å²) < 4.78 is 0. The van der Waals surface area contributed by atoms with Crippen LogP contribution in [0.4, 0.5) is 0 Å². The van der Waals surface area contributed by atoms with Crippen LogP contribution in [0.1, 0.15) is 73.0 Å². The van der Waals surface area contributed by atoms with Crippen LogP contribution in [-0.4, -0.2) is 52.4 Å². The summed E-state index contributed by atoms with van der Waals surface area (Å²) in [4.78, 5) is 38.7. The number of carbonyl (C=O) groups excluding carboxylic acids is 1. The molecule has 2 aliphatic heterocycles. The fraction of sp³-hybridized carbons (Fsp3) is 0.577. The van der Waals surface area contributed by atoms with Gasteiger partial charge >= 0.3 is 0 Å². The van der Waals surface area contributed by atoms with Crippen molar-refractivity contribution in [2.45, 2.75) is 63.3 Å². The highest BCUT2D eigenvalue weighted by molar-refractivity contribution is 5.84. The zero-order chi connectivity index (χ0) is 22.1. The summed E-state index contributed by atoms with van der Waals surface area (Å²) in [5, 5.41) is 0. The number of carbonyl (C=O) groups is 1. The maximum absolute atomic E-state index is 13.8. The van der Waals surface area contributed by atoms with Crippen molar-refractivity contribution < 1.29 is 4.79 Å². The lowest BCUT2D eigenvalue weighted by atomic mass is 9.83. The summed E-state index contributed by atoms with van der Waals surface area (Å²) in [5.74, 6) is 1.51. The number of fused-ring (bicyclic) bond motifs is 1. The van der Waals surface area contributed by atoms with Crippen LogP contribution in [0.25, 0.3) is 0 Å². The summed E-state index contributed by atoms with van der Waals surface area (Å²) in [7, 11) is 2.04. The van der Waals surface area contributed by atoms with Crippen molar-refractivity contribution in [2.75, 3.05) is 26.7 Å². The first-order valence-electron chi connectivity index (χ1n) is 12.2. The van der Waals surface area contributed by atoms with E-state index in [4.69, 9.17) is 4.98 Å². The molecule has 2 aromatic rings. The molecular formula is C26H34N4O2. The third kappa shape index (κ3) is 4.25. The molecule has 170 valence electrons. The molecule has 6 nitrogen and oxygen atoms in total. The van der Waals surface area contributed by atoms with E-state index in [0.29, 0.717) is 19.0 Å². The van der Waals surface area contributed by atoms with E-state index < -0.39 is 0 Å². The Kier molecular flexibility index (Phi) is 6.13. The largest absolute Gasteiger partial charge is 0.341 e. The first kappa shape index (κ1) is 21.4. The molecule has 2 fully saturated rings. The second-order valence-electron chi connectivity index (χ2n) is 9.92. The highest BCUT2D eigenvalue weighted by Crippen LogP contribution is 2.39. The third-order valence-corrected chi connectivity index (χ3v) is 7.69. The molecule has 32 heavy (non-hydrogen) atoms. The number of H-pyrrole nitrogens is 1. The summed E-state index contributed by atoms with van der Waals surface area (Å²) >= 11 is 0. The van der Waals surface area contributed by atoms with E-state index in [2.05, 4.69) is 26.9 Å². The van der Waals surface area contributed by atoms with E-state index >= 15 is 0 Å². The number of benzene rings is 1. The summed E-state index contributed by atoms with van der Waals surface area (Å²) in [6.45, 7) is 3.04. The lowest BCUT2D eigenvalue weighted by Gasteiger charge is -2.36. The Bertz CT molecular complexity index is 1010. The lowest BCUT2D eigenvalue weighted by Crippen LogP contribution is -2.44. The van der Waals surface area contributed by atoms with Gasteiger partial charge in [-0.15, -0.1) is 0 Å². The molecule has 1 aromatic heterocycles. The number of nitrogens with zero attached hydrogens (tertiary/aromatic N) is 3. The quantitative estimate of drug-likeness (QED) is 0.800.